The smallest absolute Gasteiger partial charge is 0.232 e. The number of anilines is 1. The van der Waals surface area contributed by atoms with Gasteiger partial charge < -0.3 is 19.9 Å². The predicted octanol–water partition coefficient (Wildman–Crippen LogP) is 2.22. The van der Waals surface area contributed by atoms with Crippen LogP contribution in [0.5, 0.6) is 5.88 Å². The van der Waals surface area contributed by atoms with Gasteiger partial charge in [0, 0.05) is 39.8 Å². The summed E-state index contributed by atoms with van der Waals surface area (Å²) < 4.78 is 6.03. The second kappa shape index (κ2) is 9.20. The van der Waals surface area contributed by atoms with Crippen LogP contribution in [0.15, 0.2) is 15.7 Å². The molecule has 2 unspecified atom stereocenters. The van der Waals surface area contributed by atoms with Crippen LogP contribution in [-0.4, -0.2) is 67.7 Å². The number of halogens is 2. The van der Waals surface area contributed by atoms with Crippen LogP contribution in [0, 0.1) is 11.8 Å². The quantitative estimate of drug-likeness (QED) is 0.370. The largest absolute Gasteiger partial charge is 0.480 e. The van der Waals surface area contributed by atoms with Crippen LogP contribution >= 0.6 is 39.9 Å². The third-order valence-corrected chi connectivity index (χ3v) is 5.31. The number of hydrogen-bond donors (Lipinski definition) is 1. The van der Waals surface area contributed by atoms with Gasteiger partial charge in [-0.15, -0.1) is 24.0 Å². The van der Waals surface area contributed by atoms with E-state index in [0.29, 0.717) is 11.8 Å². The minimum Gasteiger partial charge on any atom is -0.480 e. The lowest BCUT2D eigenvalue weighted by atomic mass is 10.3. The molecule has 1 aromatic rings. The Morgan fingerprint density at radius 1 is 1.40 bits per heavy atom. The van der Waals surface area contributed by atoms with Gasteiger partial charge in [-0.25, -0.2) is 4.98 Å². The molecule has 2 heterocycles. The van der Waals surface area contributed by atoms with Crippen molar-refractivity contribution in [3.8, 4) is 5.88 Å². The van der Waals surface area contributed by atoms with Crippen molar-refractivity contribution in [2.45, 2.75) is 13.3 Å². The molecular formula is C16H26BrIN6O. The number of aromatic nitrogens is 2. The van der Waals surface area contributed by atoms with Crippen LogP contribution in [0.25, 0.3) is 0 Å². The lowest BCUT2D eigenvalue weighted by Crippen LogP contribution is -2.53. The number of ether oxygens (including phenoxy) is 1. The van der Waals surface area contributed by atoms with E-state index in [4.69, 9.17) is 4.74 Å². The Balaban J connectivity index is 0.00000225. The number of guanidine groups is 1. The molecule has 7 nitrogen and oxygen atoms in total. The Kier molecular flexibility index (Phi) is 7.53. The summed E-state index contributed by atoms with van der Waals surface area (Å²) in [4.78, 5) is 17.8. The fourth-order valence-corrected chi connectivity index (χ4v) is 3.35. The number of methoxy groups -OCH3 is 1. The molecule has 1 aliphatic carbocycles. The van der Waals surface area contributed by atoms with Crippen LogP contribution in [0.2, 0.25) is 0 Å². The zero-order valence-electron chi connectivity index (χ0n) is 14.9. The van der Waals surface area contributed by atoms with Gasteiger partial charge in [0.1, 0.15) is 0 Å². The summed E-state index contributed by atoms with van der Waals surface area (Å²) in [5.74, 6) is 3.95. The Bertz CT molecular complexity index is 608. The van der Waals surface area contributed by atoms with Crippen LogP contribution in [0.4, 0.5) is 5.95 Å². The first-order valence-corrected chi connectivity index (χ1v) is 9.18. The fraction of sp³-hybridized carbons (Fsp3) is 0.688. The van der Waals surface area contributed by atoms with Crippen molar-refractivity contribution in [1.82, 2.24) is 20.2 Å². The van der Waals surface area contributed by atoms with Gasteiger partial charge in [-0.1, -0.05) is 6.92 Å². The third kappa shape index (κ3) is 5.08. The molecule has 0 amide bonds. The lowest BCUT2D eigenvalue weighted by Gasteiger charge is -2.36. The minimum atomic E-state index is 0. The molecule has 0 bridgehead atoms. The number of rotatable bonds is 4. The Labute approximate surface area is 174 Å². The van der Waals surface area contributed by atoms with Gasteiger partial charge in [-0.3, -0.25) is 4.99 Å². The fourth-order valence-electron chi connectivity index (χ4n) is 2.99. The van der Waals surface area contributed by atoms with Crippen LogP contribution in [0.1, 0.15) is 13.3 Å². The molecule has 0 spiro atoms. The van der Waals surface area contributed by atoms with E-state index >= 15 is 0 Å². The summed E-state index contributed by atoms with van der Waals surface area (Å²) in [5.41, 5.74) is 0. The van der Waals surface area contributed by atoms with E-state index in [2.05, 4.69) is 52.9 Å². The minimum absolute atomic E-state index is 0. The first kappa shape index (κ1) is 20.5. The maximum Gasteiger partial charge on any atom is 0.232 e. The summed E-state index contributed by atoms with van der Waals surface area (Å²) >= 11 is 3.39. The van der Waals surface area contributed by atoms with Crippen molar-refractivity contribution < 1.29 is 4.74 Å². The van der Waals surface area contributed by atoms with Crippen molar-refractivity contribution in [1.29, 1.82) is 0 Å². The molecule has 2 atom stereocenters. The number of piperazine rings is 1. The second-order valence-electron chi connectivity index (χ2n) is 6.40. The van der Waals surface area contributed by atoms with Gasteiger partial charge in [0.15, 0.2) is 5.96 Å². The second-order valence-corrected chi connectivity index (χ2v) is 7.26. The molecule has 9 heteroatoms. The van der Waals surface area contributed by atoms with Crippen molar-refractivity contribution >= 4 is 51.8 Å². The molecule has 25 heavy (non-hydrogen) atoms. The number of nitrogens with zero attached hydrogens (tertiary/aromatic N) is 5. The third-order valence-electron chi connectivity index (χ3n) is 4.76. The van der Waals surface area contributed by atoms with Crippen molar-refractivity contribution in [2.75, 3.05) is 51.8 Å². The highest BCUT2D eigenvalue weighted by atomic mass is 127. The summed E-state index contributed by atoms with van der Waals surface area (Å²) in [6, 6.07) is 0. The van der Waals surface area contributed by atoms with Gasteiger partial charge in [0.05, 0.1) is 17.8 Å². The Hall–Kier alpha value is -0.840. The zero-order chi connectivity index (χ0) is 17.1. The highest BCUT2D eigenvalue weighted by Gasteiger charge is 2.32. The molecule has 0 radical (unpaired) electrons. The van der Waals surface area contributed by atoms with Gasteiger partial charge >= 0.3 is 0 Å². The highest BCUT2D eigenvalue weighted by molar-refractivity contribution is 14.0. The molecule has 3 rings (SSSR count). The van der Waals surface area contributed by atoms with Crippen LogP contribution in [0.3, 0.4) is 0 Å². The van der Waals surface area contributed by atoms with Gasteiger partial charge in [0.25, 0.3) is 0 Å². The molecule has 2 fully saturated rings. The van der Waals surface area contributed by atoms with Gasteiger partial charge in [-0.2, -0.15) is 4.98 Å². The van der Waals surface area contributed by atoms with Crippen molar-refractivity contribution in [3.63, 3.8) is 0 Å². The monoisotopic (exact) mass is 524 g/mol. The molecule has 1 aromatic heterocycles. The van der Waals surface area contributed by atoms with E-state index in [9.17, 15) is 0 Å². The summed E-state index contributed by atoms with van der Waals surface area (Å²) in [6.07, 6.45) is 3.07. The van der Waals surface area contributed by atoms with E-state index in [-0.39, 0.29) is 24.0 Å². The Morgan fingerprint density at radius 2 is 2.08 bits per heavy atom. The highest BCUT2D eigenvalue weighted by Crippen LogP contribution is 2.36. The maximum absolute atomic E-state index is 5.26. The number of nitrogens with one attached hydrogen (secondary N) is 1. The molecule has 1 saturated carbocycles. The maximum atomic E-state index is 5.26. The number of aliphatic imine (C=N–C) groups is 1. The summed E-state index contributed by atoms with van der Waals surface area (Å²) in [5, 5.41) is 3.51. The normalized spacial score (nSPS) is 23.1. The van der Waals surface area contributed by atoms with E-state index in [1.165, 1.54) is 6.42 Å². The van der Waals surface area contributed by atoms with Crippen LogP contribution in [-0.2, 0) is 0 Å². The first-order valence-electron chi connectivity index (χ1n) is 8.39. The summed E-state index contributed by atoms with van der Waals surface area (Å²) in [6.45, 7) is 6.88. The first-order chi connectivity index (χ1) is 11.6. The van der Waals surface area contributed by atoms with E-state index in [1.807, 2.05) is 7.05 Å². The van der Waals surface area contributed by atoms with Gasteiger partial charge in [-0.05, 0) is 34.2 Å². The molecule has 1 N–H and O–H groups in total. The molecule has 1 aliphatic heterocycles. The van der Waals surface area contributed by atoms with Crippen molar-refractivity contribution in [3.05, 3.63) is 10.7 Å². The topological polar surface area (TPSA) is 65.9 Å². The standard InChI is InChI=1S/C16H25BrN6O.HI/c1-11-8-12(11)9-19-15(18-2)22-4-6-23(7-5-22)16-20-10-13(17)14(21-16)24-3;/h10-12H,4-9H2,1-3H3,(H,18,19);1H. The molecular weight excluding hydrogens is 499 g/mol. The van der Waals surface area contributed by atoms with E-state index < -0.39 is 0 Å². The molecule has 1 saturated heterocycles. The average Bonchev–Trinajstić information content (AvgIpc) is 3.32. The Morgan fingerprint density at radius 3 is 2.64 bits per heavy atom. The van der Waals surface area contributed by atoms with E-state index in [0.717, 1.165) is 55.0 Å². The SMILES string of the molecule is CN=C(NCC1CC1C)N1CCN(c2ncc(Br)c(OC)n2)CC1.I. The van der Waals surface area contributed by atoms with E-state index in [1.54, 1.807) is 13.3 Å². The molecule has 2 aliphatic rings. The molecule has 140 valence electrons. The summed E-state index contributed by atoms with van der Waals surface area (Å²) in [7, 11) is 3.47. The van der Waals surface area contributed by atoms with Crippen molar-refractivity contribution in [2.24, 2.45) is 16.8 Å². The molecule has 0 aromatic carbocycles. The van der Waals surface area contributed by atoms with Gasteiger partial charge in [0.2, 0.25) is 11.8 Å². The average molecular weight is 525 g/mol. The van der Waals surface area contributed by atoms with Crippen LogP contribution < -0.4 is 15.0 Å². The lowest BCUT2D eigenvalue weighted by molar-refractivity contribution is 0.365. The predicted molar refractivity (Wildman–Crippen MR) is 114 cm³/mol. The zero-order valence-corrected chi connectivity index (χ0v) is 18.8. The number of hydrogen-bond acceptors (Lipinski definition) is 5.